The van der Waals surface area contributed by atoms with Crippen molar-refractivity contribution in [3.8, 4) is 0 Å². The predicted molar refractivity (Wildman–Crippen MR) is 76.0 cm³/mol. The molecule has 2 aromatic rings. The molecule has 0 aromatic carbocycles. The highest BCUT2D eigenvalue weighted by atomic mass is 16.4. The van der Waals surface area contributed by atoms with Crippen LogP contribution in [0.15, 0.2) is 34.9 Å². The van der Waals surface area contributed by atoms with Gasteiger partial charge >= 0.3 is 5.97 Å². The van der Waals surface area contributed by atoms with E-state index < -0.39 is 5.97 Å². The number of aryl methyl sites for hydroxylation is 2. The average molecular weight is 274 g/mol. The Labute approximate surface area is 117 Å². The van der Waals surface area contributed by atoms with Crippen molar-refractivity contribution in [3.63, 3.8) is 0 Å². The van der Waals surface area contributed by atoms with Gasteiger partial charge in [0.2, 0.25) is 0 Å². The van der Waals surface area contributed by atoms with Crippen molar-refractivity contribution in [1.82, 2.24) is 4.98 Å². The van der Waals surface area contributed by atoms with Crippen LogP contribution in [0.1, 0.15) is 35.2 Å². The van der Waals surface area contributed by atoms with Crippen molar-refractivity contribution in [2.24, 2.45) is 0 Å². The molecule has 0 aliphatic rings. The Bertz CT molecular complexity index is 579. The van der Waals surface area contributed by atoms with Gasteiger partial charge in [-0.25, -0.2) is 9.78 Å². The molecule has 0 saturated carbocycles. The minimum Gasteiger partial charge on any atom is -0.478 e. The van der Waals surface area contributed by atoms with Gasteiger partial charge in [-0.3, -0.25) is 0 Å². The fourth-order valence-electron chi connectivity index (χ4n) is 2.00. The fraction of sp³-hybridized carbons (Fsp3) is 0.333. The van der Waals surface area contributed by atoms with E-state index in [1.54, 1.807) is 25.3 Å². The summed E-state index contributed by atoms with van der Waals surface area (Å²) in [4.78, 5) is 15.3. The second kappa shape index (κ2) is 6.23. The highest BCUT2D eigenvalue weighted by Gasteiger charge is 2.09. The number of carboxylic acids is 1. The molecule has 2 aromatic heterocycles. The first-order chi connectivity index (χ1) is 9.54. The molecular weight excluding hydrogens is 256 g/mol. The van der Waals surface area contributed by atoms with E-state index in [-0.39, 0.29) is 11.6 Å². The van der Waals surface area contributed by atoms with Crippen molar-refractivity contribution in [1.29, 1.82) is 0 Å². The molecule has 2 N–H and O–H groups in total. The summed E-state index contributed by atoms with van der Waals surface area (Å²) in [5.74, 6) is 0.596. The molecule has 1 atom stereocenters. The highest BCUT2D eigenvalue weighted by Crippen LogP contribution is 2.13. The summed E-state index contributed by atoms with van der Waals surface area (Å²) in [6.07, 6.45) is 3.37. The lowest BCUT2D eigenvalue weighted by atomic mass is 10.1. The number of nitrogens with one attached hydrogen (secondary N) is 1. The van der Waals surface area contributed by atoms with Crippen LogP contribution in [0.4, 0.5) is 5.82 Å². The van der Waals surface area contributed by atoms with E-state index in [1.165, 1.54) is 0 Å². The number of aromatic nitrogens is 1. The van der Waals surface area contributed by atoms with Gasteiger partial charge in [-0.1, -0.05) is 0 Å². The molecule has 0 spiro atoms. The number of hydrogen-bond donors (Lipinski definition) is 2. The highest BCUT2D eigenvalue weighted by molar-refractivity contribution is 5.88. The Kier molecular flexibility index (Phi) is 4.40. The number of rotatable bonds is 6. The van der Waals surface area contributed by atoms with E-state index in [0.29, 0.717) is 11.5 Å². The summed E-state index contributed by atoms with van der Waals surface area (Å²) in [5, 5.41) is 12.3. The van der Waals surface area contributed by atoms with Crippen molar-refractivity contribution in [3.05, 3.63) is 47.5 Å². The normalized spacial score (nSPS) is 12.1. The number of furan rings is 1. The van der Waals surface area contributed by atoms with E-state index in [2.05, 4.69) is 10.3 Å². The zero-order valence-corrected chi connectivity index (χ0v) is 11.6. The first-order valence-electron chi connectivity index (χ1n) is 6.55. The molecule has 5 heteroatoms. The smallest absolute Gasteiger partial charge is 0.335 e. The third kappa shape index (κ3) is 3.85. The molecule has 0 saturated heterocycles. The number of carboxylic acid groups (broad SMARTS) is 1. The predicted octanol–water partition coefficient (Wildman–Crippen LogP) is 3.11. The van der Waals surface area contributed by atoms with E-state index in [1.807, 2.05) is 19.1 Å². The first-order valence-corrected chi connectivity index (χ1v) is 6.55. The SMILES string of the molecule is Cc1cc(C(=O)O)cc(NC(C)CCc2ccco2)n1. The minimum atomic E-state index is -0.943. The van der Waals surface area contributed by atoms with E-state index in [0.717, 1.165) is 18.6 Å². The van der Waals surface area contributed by atoms with Crippen molar-refractivity contribution < 1.29 is 14.3 Å². The number of pyridine rings is 1. The Morgan fingerprint density at radius 2 is 2.30 bits per heavy atom. The molecule has 5 nitrogen and oxygen atoms in total. The van der Waals surface area contributed by atoms with Gasteiger partial charge in [-0.15, -0.1) is 0 Å². The van der Waals surface area contributed by atoms with Crippen molar-refractivity contribution in [2.75, 3.05) is 5.32 Å². The lowest BCUT2D eigenvalue weighted by Crippen LogP contribution is -2.17. The van der Waals surface area contributed by atoms with Crippen LogP contribution in [0.2, 0.25) is 0 Å². The molecule has 0 radical (unpaired) electrons. The summed E-state index contributed by atoms with van der Waals surface area (Å²) in [5.41, 5.74) is 0.934. The maximum Gasteiger partial charge on any atom is 0.335 e. The Hall–Kier alpha value is -2.30. The summed E-state index contributed by atoms with van der Waals surface area (Å²) in [6, 6.07) is 7.10. The molecule has 2 rings (SSSR count). The summed E-state index contributed by atoms with van der Waals surface area (Å²) in [7, 11) is 0. The molecule has 0 amide bonds. The second-order valence-electron chi connectivity index (χ2n) is 4.85. The van der Waals surface area contributed by atoms with Crippen molar-refractivity contribution >= 4 is 11.8 Å². The van der Waals surface area contributed by atoms with Gasteiger partial charge in [0.05, 0.1) is 11.8 Å². The number of nitrogens with zero attached hydrogens (tertiary/aromatic N) is 1. The molecule has 0 aliphatic heterocycles. The lowest BCUT2D eigenvalue weighted by molar-refractivity contribution is 0.0696. The molecule has 0 fully saturated rings. The number of aromatic carboxylic acids is 1. The quantitative estimate of drug-likeness (QED) is 0.846. The zero-order valence-electron chi connectivity index (χ0n) is 11.6. The summed E-state index contributed by atoms with van der Waals surface area (Å²) >= 11 is 0. The number of hydrogen-bond acceptors (Lipinski definition) is 4. The summed E-state index contributed by atoms with van der Waals surface area (Å²) in [6.45, 7) is 3.82. The van der Waals surface area contributed by atoms with Crippen molar-refractivity contribution in [2.45, 2.75) is 32.7 Å². The third-order valence-corrected chi connectivity index (χ3v) is 3.00. The van der Waals surface area contributed by atoms with Gasteiger partial charge in [-0.05, 0) is 44.5 Å². The maximum atomic E-state index is 11.0. The van der Waals surface area contributed by atoms with E-state index >= 15 is 0 Å². The molecule has 106 valence electrons. The van der Waals surface area contributed by atoms with Crippen LogP contribution in [0.25, 0.3) is 0 Å². The van der Waals surface area contributed by atoms with Crippen LogP contribution in [0.5, 0.6) is 0 Å². The first kappa shape index (κ1) is 14.1. The number of anilines is 1. The van der Waals surface area contributed by atoms with E-state index in [4.69, 9.17) is 9.52 Å². The van der Waals surface area contributed by atoms with Crippen LogP contribution < -0.4 is 5.32 Å². The van der Waals surface area contributed by atoms with Crippen LogP contribution in [0, 0.1) is 6.92 Å². The largest absolute Gasteiger partial charge is 0.478 e. The van der Waals surface area contributed by atoms with Crippen LogP contribution >= 0.6 is 0 Å². The van der Waals surface area contributed by atoms with Crippen LogP contribution in [-0.4, -0.2) is 22.1 Å². The van der Waals surface area contributed by atoms with Gasteiger partial charge in [-0.2, -0.15) is 0 Å². The van der Waals surface area contributed by atoms with Gasteiger partial charge in [0.25, 0.3) is 0 Å². The second-order valence-corrected chi connectivity index (χ2v) is 4.85. The maximum absolute atomic E-state index is 11.0. The molecule has 20 heavy (non-hydrogen) atoms. The topological polar surface area (TPSA) is 75.4 Å². The Balaban J connectivity index is 1.96. The van der Waals surface area contributed by atoms with Gasteiger partial charge < -0.3 is 14.8 Å². The van der Waals surface area contributed by atoms with E-state index in [9.17, 15) is 4.79 Å². The molecule has 0 bridgehead atoms. The summed E-state index contributed by atoms with van der Waals surface area (Å²) < 4.78 is 5.28. The van der Waals surface area contributed by atoms with Crippen LogP contribution in [-0.2, 0) is 6.42 Å². The fourth-order valence-corrected chi connectivity index (χ4v) is 2.00. The van der Waals surface area contributed by atoms with Gasteiger partial charge in [0, 0.05) is 18.2 Å². The number of carbonyl (C=O) groups is 1. The zero-order chi connectivity index (χ0) is 14.5. The average Bonchev–Trinajstić information content (AvgIpc) is 2.88. The standard InChI is InChI=1S/C15H18N2O3/c1-10(5-6-13-4-3-7-20-13)16-14-9-12(15(18)19)8-11(2)17-14/h3-4,7-10H,5-6H2,1-2H3,(H,16,17)(H,18,19). The lowest BCUT2D eigenvalue weighted by Gasteiger charge is -2.14. The van der Waals surface area contributed by atoms with Gasteiger partial charge in [0.1, 0.15) is 11.6 Å². The Morgan fingerprint density at radius 1 is 1.50 bits per heavy atom. The minimum absolute atomic E-state index is 0.177. The monoisotopic (exact) mass is 274 g/mol. The molecule has 1 unspecified atom stereocenters. The van der Waals surface area contributed by atoms with Gasteiger partial charge in [0.15, 0.2) is 0 Å². The molecular formula is C15H18N2O3. The molecule has 0 aliphatic carbocycles. The third-order valence-electron chi connectivity index (χ3n) is 3.00. The molecule has 2 heterocycles. The Morgan fingerprint density at radius 3 is 2.95 bits per heavy atom. The van der Waals surface area contributed by atoms with Crippen LogP contribution in [0.3, 0.4) is 0 Å².